The molecule has 3 rings (SSSR count). The van der Waals surface area contributed by atoms with Crippen molar-refractivity contribution in [2.24, 2.45) is 5.92 Å². The maximum Gasteiger partial charge on any atom is 0.251 e. The molecule has 2 heterocycles. The number of phenols is 2. The predicted molar refractivity (Wildman–Crippen MR) is 132 cm³/mol. The quantitative estimate of drug-likeness (QED) is 0.140. The summed E-state index contributed by atoms with van der Waals surface area (Å²) in [6.45, 7) is 0.851. The molecule has 0 spiro atoms. The SMILES string of the molecule is COC1OC(CO)C(O)C(CC2OC(C(=O)NCCc3ccc(O)c(O)c3)C(OC)C(O)C2O)C1NC(C)=O. The lowest BCUT2D eigenvalue weighted by Gasteiger charge is -2.47. The van der Waals surface area contributed by atoms with Crippen molar-refractivity contribution in [2.45, 2.75) is 74.8 Å². The van der Waals surface area contributed by atoms with Gasteiger partial charge in [0.25, 0.3) is 5.91 Å². The van der Waals surface area contributed by atoms with E-state index in [9.17, 15) is 40.2 Å². The van der Waals surface area contributed by atoms with E-state index in [1.54, 1.807) is 6.07 Å². The van der Waals surface area contributed by atoms with Gasteiger partial charge in [-0.15, -0.1) is 0 Å². The average Bonchev–Trinajstić information content (AvgIpc) is 2.90. The molecule has 0 saturated carbocycles. The number of aliphatic hydroxyl groups excluding tert-OH is 4. The monoisotopic (exact) mass is 558 g/mol. The highest BCUT2D eigenvalue weighted by Crippen LogP contribution is 2.35. The summed E-state index contributed by atoms with van der Waals surface area (Å²) in [6, 6.07) is 3.38. The first-order valence-corrected chi connectivity index (χ1v) is 12.6. The van der Waals surface area contributed by atoms with Gasteiger partial charge in [0.15, 0.2) is 23.9 Å². The minimum Gasteiger partial charge on any atom is -0.504 e. The van der Waals surface area contributed by atoms with E-state index in [-0.39, 0.29) is 24.5 Å². The largest absolute Gasteiger partial charge is 0.504 e. The number of phenolic OH excluding ortho intramolecular Hbond substituents is 2. The van der Waals surface area contributed by atoms with E-state index in [4.69, 9.17) is 18.9 Å². The normalized spacial score (nSPS) is 34.8. The van der Waals surface area contributed by atoms with Gasteiger partial charge in [-0.05, 0) is 30.5 Å². The number of ether oxygens (including phenoxy) is 4. The van der Waals surface area contributed by atoms with Gasteiger partial charge in [-0.2, -0.15) is 0 Å². The first kappa shape index (κ1) is 31.0. The van der Waals surface area contributed by atoms with Gasteiger partial charge < -0.3 is 60.2 Å². The van der Waals surface area contributed by atoms with Crippen LogP contribution in [0, 0.1) is 5.92 Å². The molecule has 1 aromatic rings. The van der Waals surface area contributed by atoms with Crippen molar-refractivity contribution in [2.75, 3.05) is 27.4 Å². The summed E-state index contributed by atoms with van der Waals surface area (Å²) >= 11 is 0. The van der Waals surface area contributed by atoms with Crippen LogP contribution >= 0.6 is 0 Å². The van der Waals surface area contributed by atoms with Crippen LogP contribution in [0.3, 0.4) is 0 Å². The van der Waals surface area contributed by atoms with Gasteiger partial charge in [0.2, 0.25) is 5.91 Å². The zero-order valence-corrected chi connectivity index (χ0v) is 22.0. The molecule has 0 aliphatic carbocycles. The van der Waals surface area contributed by atoms with Crippen LogP contribution in [0.1, 0.15) is 18.9 Å². The number of rotatable bonds is 10. The topological polar surface area (TPSA) is 216 Å². The Balaban J connectivity index is 1.75. The number of nitrogens with one attached hydrogen (secondary N) is 2. The van der Waals surface area contributed by atoms with E-state index < -0.39 is 79.4 Å². The molecule has 39 heavy (non-hydrogen) atoms. The Kier molecular flexibility index (Phi) is 10.9. The van der Waals surface area contributed by atoms with Crippen LogP contribution in [0.5, 0.6) is 11.5 Å². The fraction of sp³-hybridized carbons (Fsp3) is 0.680. The van der Waals surface area contributed by atoms with Crippen LogP contribution in [0.25, 0.3) is 0 Å². The highest BCUT2D eigenvalue weighted by molar-refractivity contribution is 5.81. The van der Waals surface area contributed by atoms with Gasteiger partial charge in [0.05, 0.1) is 24.9 Å². The number of amides is 2. The molecule has 10 atom stereocenters. The lowest BCUT2D eigenvalue weighted by molar-refractivity contribution is -0.265. The molecular weight excluding hydrogens is 520 g/mol. The molecule has 2 fully saturated rings. The number of hydrogen-bond acceptors (Lipinski definition) is 12. The van der Waals surface area contributed by atoms with Crippen LogP contribution in [0.2, 0.25) is 0 Å². The molecule has 14 nitrogen and oxygen atoms in total. The number of methoxy groups -OCH3 is 2. The molecule has 8 N–H and O–H groups in total. The molecule has 220 valence electrons. The third-order valence-electron chi connectivity index (χ3n) is 7.14. The summed E-state index contributed by atoms with van der Waals surface area (Å²) in [6.07, 6.45) is -9.99. The fourth-order valence-electron chi connectivity index (χ4n) is 5.11. The van der Waals surface area contributed by atoms with Gasteiger partial charge in [0, 0.05) is 33.6 Å². The molecule has 0 aromatic heterocycles. The molecular formula is C25H38N2O12. The van der Waals surface area contributed by atoms with Crippen LogP contribution in [0.4, 0.5) is 0 Å². The van der Waals surface area contributed by atoms with Crippen molar-refractivity contribution in [1.29, 1.82) is 0 Å². The molecule has 0 radical (unpaired) electrons. The smallest absolute Gasteiger partial charge is 0.251 e. The number of aliphatic hydroxyl groups is 4. The Morgan fingerprint density at radius 1 is 0.974 bits per heavy atom. The van der Waals surface area contributed by atoms with E-state index in [1.807, 2.05) is 0 Å². The Morgan fingerprint density at radius 3 is 2.28 bits per heavy atom. The minimum absolute atomic E-state index is 0.125. The first-order valence-electron chi connectivity index (χ1n) is 12.6. The van der Waals surface area contributed by atoms with Crippen molar-refractivity contribution >= 4 is 11.8 Å². The number of aromatic hydroxyl groups is 2. The summed E-state index contributed by atoms with van der Waals surface area (Å²) in [5.41, 5.74) is 0.649. The Morgan fingerprint density at radius 2 is 1.69 bits per heavy atom. The van der Waals surface area contributed by atoms with Crippen molar-refractivity contribution in [3.8, 4) is 11.5 Å². The van der Waals surface area contributed by atoms with Gasteiger partial charge in [-0.1, -0.05) is 6.07 Å². The van der Waals surface area contributed by atoms with Crippen LogP contribution in [-0.2, 0) is 35.0 Å². The van der Waals surface area contributed by atoms with Crippen LogP contribution in [-0.4, -0.2) is 125 Å². The van der Waals surface area contributed by atoms with E-state index >= 15 is 0 Å². The number of hydrogen-bond donors (Lipinski definition) is 8. The van der Waals surface area contributed by atoms with E-state index in [1.165, 1.54) is 33.3 Å². The Hall–Kier alpha value is -2.56. The first-order chi connectivity index (χ1) is 18.5. The summed E-state index contributed by atoms with van der Waals surface area (Å²) in [5.74, 6) is -2.48. The standard InChI is InChI=1S/C25H38N2O12/c1-11(29)27-18-13(19(32)17(10-28)39-25(18)37-3)9-16-20(33)21(34)22(36-2)23(38-16)24(35)26-7-6-12-4-5-14(30)15(31)8-12/h4-5,8,13,16-23,25,28,30-34H,6-7,9-10H2,1-3H3,(H,26,35)(H,27,29). The molecule has 2 saturated heterocycles. The second kappa shape index (κ2) is 13.7. The maximum absolute atomic E-state index is 13.1. The number of carbonyl (C=O) groups is 2. The maximum atomic E-state index is 13.1. The molecule has 2 aliphatic rings. The zero-order valence-electron chi connectivity index (χ0n) is 22.0. The Bertz CT molecular complexity index is 980. The number of benzene rings is 1. The van der Waals surface area contributed by atoms with Gasteiger partial charge in [0.1, 0.15) is 24.4 Å². The molecule has 1 aromatic carbocycles. The van der Waals surface area contributed by atoms with Crippen LogP contribution < -0.4 is 10.6 Å². The van der Waals surface area contributed by atoms with Crippen molar-refractivity contribution in [3.63, 3.8) is 0 Å². The molecule has 10 unspecified atom stereocenters. The highest BCUT2D eigenvalue weighted by Gasteiger charge is 2.52. The van der Waals surface area contributed by atoms with E-state index in [0.29, 0.717) is 12.0 Å². The third-order valence-corrected chi connectivity index (χ3v) is 7.14. The summed E-state index contributed by atoms with van der Waals surface area (Å²) in [5, 5.41) is 66.7. The van der Waals surface area contributed by atoms with Gasteiger partial charge in [-0.3, -0.25) is 9.59 Å². The molecule has 0 bridgehead atoms. The van der Waals surface area contributed by atoms with Crippen molar-refractivity contribution in [1.82, 2.24) is 10.6 Å². The number of carbonyl (C=O) groups excluding carboxylic acids is 2. The second-order valence-electron chi connectivity index (χ2n) is 9.72. The summed E-state index contributed by atoms with van der Waals surface area (Å²) in [4.78, 5) is 24.9. The second-order valence-corrected chi connectivity index (χ2v) is 9.72. The minimum atomic E-state index is -1.53. The average molecular weight is 559 g/mol. The molecule has 2 aliphatic heterocycles. The van der Waals surface area contributed by atoms with Crippen molar-refractivity contribution in [3.05, 3.63) is 23.8 Å². The third kappa shape index (κ3) is 7.15. The Labute approximate surface area is 225 Å². The van der Waals surface area contributed by atoms with E-state index in [0.717, 1.165) is 0 Å². The van der Waals surface area contributed by atoms with Gasteiger partial charge >= 0.3 is 0 Å². The zero-order chi connectivity index (χ0) is 28.9. The molecule has 2 amide bonds. The van der Waals surface area contributed by atoms with Crippen LogP contribution in [0.15, 0.2) is 18.2 Å². The van der Waals surface area contributed by atoms with E-state index in [2.05, 4.69) is 10.6 Å². The fourth-order valence-corrected chi connectivity index (χ4v) is 5.11. The predicted octanol–water partition coefficient (Wildman–Crippen LogP) is -2.50. The lowest BCUT2D eigenvalue weighted by atomic mass is 9.80. The summed E-state index contributed by atoms with van der Waals surface area (Å²) in [7, 11) is 2.59. The summed E-state index contributed by atoms with van der Waals surface area (Å²) < 4.78 is 22.1. The van der Waals surface area contributed by atoms with Crippen molar-refractivity contribution < 1.29 is 59.2 Å². The van der Waals surface area contributed by atoms with Gasteiger partial charge in [-0.25, -0.2) is 0 Å². The lowest BCUT2D eigenvalue weighted by Crippen LogP contribution is -2.65. The highest BCUT2D eigenvalue weighted by atomic mass is 16.7. The molecule has 14 heteroatoms.